The monoisotopic (exact) mass is 275 g/mol. The Morgan fingerprint density at radius 3 is 2.80 bits per heavy atom. The van der Waals surface area contributed by atoms with E-state index >= 15 is 0 Å². The Balaban J connectivity index is 1.86. The Morgan fingerprint density at radius 1 is 1.35 bits per heavy atom. The zero-order chi connectivity index (χ0) is 14.4. The van der Waals surface area contributed by atoms with Crippen LogP contribution < -0.4 is 10.6 Å². The Bertz CT molecular complexity index is 430. The molecule has 1 fully saturated rings. The molecule has 1 heterocycles. The molecule has 4 nitrogen and oxygen atoms in total. The number of carbonyl (C=O) groups is 1. The van der Waals surface area contributed by atoms with Crippen LogP contribution in [0.25, 0.3) is 0 Å². The number of urea groups is 1. The van der Waals surface area contributed by atoms with Crippen molar-refractivity contribution in [3.8, 4) is 0 Å². The first-order valence-electron chi connectivity index (χ1n) is 7.55. The number of likely N-dealkylation sites (tertiary alicyclic amines) is 1. The maximum absolute atomic E-state index is 12.3. The van der Waals surface area contributed by atoms with Crippen molar-refractivity contribution in [1.82, 2.24) is 10.2 Å². The molecule has 1 aliphatic rings. The van der Waals surface area contributed by atoms with Crippen LogP contribution in [0.2, 0.25) is 0 Å². The third kappa shape index (κ3) is 4.23. The fraction of sp³-hybridized carbons (Fsp3) is 0.562. The quantitative estimate of drug-likeness (QED) is 0.887. The molecule has 1 unspecified atom stereocenters. The zero-order valence-corrected chi connectivity index (χ0v) is 12.5. The standard InChI is InChI=1S/C16H25N3O/c1-3-10-17-15-5-4-11-19(12-15)16(20)18-14-8-6-13(2)7-9-14/h6-9,15,17H,3-5,10-12H2,1-2H3,(H,18,20). The number of rotatable bonds is 4. The maximum Gasteiger partial charge on any atom is 0.321 e. The Morgan fingerprint density at radius 2 is 2.10 bits per heavy atom. The van der Waals surface area contributed by atoms with Gasteiger partial charge in [0.25, 0.3) is 0 Å². The van der Waals surface area contributed by atoms with Crippen molar-refractivity contribution in [3.63, 3.8) is 0 Å². The number of aryl methyl sites for hydroxylation is 1. The van der Waals surface area contributed by atoms with Crippen LogP contribution >= 0.6 is 0 Å². The van der Waals surface area contributed by atoms with Crippen molar-refractivity contribution >= 4 is 11.7 Å². The number of hydrogen-bond acceptors (Lipinski definition) is 2. The van der Waals surface area contributed by atoms with Gasteiger partial charge in [0.05, 0.1) is 0 Å². The topological polar surface area (TPSA) is 44.4 Å². The molecule has 2 N–H and O–H groups in total. The molecular formula is C16H25N3O. The number of anilines is 1. The van der Waals surface area contributed by atoms with Gasteiger partial charge in [0.2, 0.25) is 0 Å². The van der Waals surface area contributed by atoms with Gasteiger partial charge in [0.1, 0.15) is 0 Å². The number of benzene rings is 1. The van der Waals surface area contributed by atoms with E-state index in [1.807, 2.05) is 36.1 Å². The van der Waals surface area contributed by atoms with E-state index < -0.39 is 0 Å². The minimum Gasteiger partial charge on any atom is -0.323 e. The maximum atomic E-state index is 12.3. The largest absolute Gasteiger partial charge is 0.323 e. The van der Waals surface area contributed by atoms with Crippen LogP contribution in [0, 0.1) is 6.92 Å². The summed E-state index contributed by atoms with van der Waals surface area (Å²) in [6.45, 7) is 6.88. The molecule has 0 bridgehead atoms. The molecule has 110 valence electrons. The fourth-order valence-electron chi connectivity index (χ4n) is 2.52. The van der Waals surface area contributed by atoms with E-state index in [9.17, 15) is 4.79 Å². The van der Waals surface area contributed by atoms with Crippen LogP contribution in [0.5, 0.6) is 0 Å². The average Bonchev–Trinajstić information content (AvgIpc) is 2.48. The molecular weight excluding hydrogens is 250 g/mol. The minimum absolute atomic E-state index is 0.0110. The second kappa shape index (κ2) is 7.29. The van der Waals surface area contributed by atoms with Gasteiger partial charge in [0.15, 0.2) is 0 Å². The van der Waals surface area contributed by atoms with Crippen molar-refractivity contribution in [2.24, 2.45) is 0 Å². The molecule has 1 aromatic carbocycles. The molecule has 20 heavy (non-hydrogen) atoms. The van der Waals surface area contributed by atoms with E-state index in [1.54, 1.807) is 0 Å². The van der Waals surface area contributed by atoms with Crippen molar-refractivity contribution < 1.29 is 4.79 Å². The van der Waals surface area contributed by atoms with Gasteiger partial charge in [-0.25, -0.2) is 4.79 Å². The van der Waals surface area contributed by atoms with Gasteiger partial charge >= 0.3 is 6.03 Å². The molecule has 2 rings (SSSR count). The molecule has 0 saturated carbocycles. The van der Waals surface area contributed by atoms with E-state index in [-0.39, 0.29) is 6.03 Å². The molecule has 4 heteroatoms. The van der Waals surface area contributed by atoms with Crippen molar-refractivity contribution in [2.45, 2.75) is 39.2 Å². The van der Waals surface area contributed by atoms with E-state index in [1.165, 1.54) is 5.56 Å². The predicted octanol–water partition coefficient (Wildman–Crippen LogP) is 2.99. The molecule has 0 spiro atoms. The van der Waals surface area contributed by atoms with Crippen LogP contribution in [0.3, 0.4) is 0 Å². The van der Waals surface area contributed by atoms with Crippen LogP contribution in [0.15, 0.2) is 24.3 Å². The molecule has 0 aromatic heterocycles. The van der Waals surface area contributed by atoms with Crippen LogP contribution in [0.4, 0.5) is 10.5 Å². The van der Waals surface area contributed by atoms with Gasteiger partial charge in [-0.3, -0.25) is 0 Å². The third-order valence-corrected chi connectivity index (χ3v) is 3.69. The number of nitrogens with zero attached hydrogens (tertiary/aromatic N) is 1. The predicted molar refractivity (Wildman–Crippen MR) is 83.1 cm³/mol. The summed E-state index contributed by atoms with van der Waals surface area (Å²) >= 11 is 0. The number of carbonyl (C=O) groups excluding carboxylic acids is 1. The summed E-state index contributed by atoms with van der Waals surface area (Å²) in [7, 11) is 0. The highest BCUT2D eigenvalue weighted by atomic mass is 16.2. The summed E-state index contributed by atoms with van der Waals surface area (Å²) in [5.41, 5.74) is 2.06. The second-order valence-corrected chi connectivity index (χ2v) is 5.54. The van der Waals surface area contributed by atoms with E-state index in [4.69, 9.17) is 0 Å². The van der Waals surface area contributed by atoms with E-state index in [0.717, 1.165) is 44.6 Å². The molecule has 1 aromatic rings. The van der Waals surface area contributed by atoms with Crippen molar-refractivity contribution in [1.29, 1.82) is 0 Å². The summed E-state index contributed by atoms with van der Waals surface area (Å²) in [5.74, 6) is 0. The lowest BCUT2D eigenvalue weighted by Gasteiger charge is -2.33. The van der Waals surface area contributed by atoms with Gasteiger partial charge in [-0.05, 0) is 44.9 Å². The number of amides is 2. The molecule has 1 atom stereocenters. The van der Waals surface area contributed by atoms with Crippen molar-refractivity contribution in [2.75, 3.05) is 25.0 Å². The molecule has 1 saturated heterocycles. The van der Waals surface area contributed by atoms with Crippen molar-refractivity contribution in [3.05, 3.63) is 29.8 Å². The van der Waals surface area contributed by atoms with Crippen LogP contribution in [0.1, 0.15) is 31.7 Å². The lowest BCUT2D eigenvalue weighted by Crippen LogP contribution is -2.49. The fourth-order valence-corrected chi connectivity index (χ4v) is 2.52. The van der Waals surface area contributed by atoms with Gasteiger partial charge in [-0.15, -0.1) is 0 Å². The highest BCUT2D eigenvalue weighted by molar-refractivity contribution is 5.89. The summed E-state index contributed by atoms with van der Waals surface area (Å²) in [5, 5.41) is 6.48. The highest BCUT2D eigenvalue weighted by Gasteiger charge is 2.22. The molecule has 0 radical (unpaired) electrons. The van der Waals surface area contributed by atoms with Gasteiger partial charge in [-0.1, -0.05) is 24.6 Å². The number of hydrogen-bond donors (Lipinski definition) is 2. The smallest absolute Gasteiger partial charge is 0.321 e. The van der Waals surface area contributed by atoms with E-state index in [0.29, 0.717) is 6.04 Å². The summed E-state index contributed by atoms with van der Waals surface area (Å²) in [6.07, 6.45) is 3.36. The van der Waals surface area contributed by atoms with Crippen LogP contribution in [-0.4, -0.2) is 36.6 Å². The molecule has 0 aliphatic carbocycles. The second-order valence-electron chi connectivity index (χ2n) is 5.54. The third-order valence-electron chi connectivity index (χ3n) is 3.69. The average molecular weight is 275 g/mol. The van der Waals surface area contributed by atoms with Gasteiger partial charge in [0, 0.05) is 24.8 Å². The number of piperidine rings is 1. The van der Waals surface area contributed by atoms with Crippen LogP contribution in [-0.2, 0) is 0 Å². The lowest BCUT2D eigenvalue weighted by atomic mass is 10.1. The SMILES string of the molecule is CCCNC1CCCN(C(=O)Nc2ccc(C)cc2)C1. The zero-order valence-electron chi connectivity index (χ0n) is 12.5. The first kappa shape index (κ1) is 14.9. The van der Waals surface area contributed by atoms with E-state index in [2.05, 4.69) is 17.6 Å². The lowest BCUT2D eigenvalue weighted by molar-refractivity contribution is 0.185. The first-order valence-corrected chi connectivity index (χ1v) is 7.55. The minimum atomic E-state index is 0.0110. The van der Waals surface area contributed by atoms with Gasteiger partial charge in [-0.2, -0.15) is 0 Å². The Labute approximate surface area is 121 Å². The van der Waals surface area contributed by atoms with Gasteiger partial charge < -0.3 is 15.5 Å². The Hall–Kier alpha value is -1.55. The number of nitrogens with one attached hydrogen (secondary N) is 2. The summed E-state index contributed by atoms with van der Waals surface area (Å²) in [6, 6.07) is 8.37. The molecule has 2 amide bonds. The first-order chi connectivity index (χ1) is 9.69. The summed E-state index contributed by atoms with van der Waals surface area (Å²) < 4.78 is 0. The molecule has 1 aliphatic heterocycles. The summed E-state index contributed by atoms with van der Waals surface area (Å²) in [4.78, 5) is 14.2. The Kier molecular flexibility index (Phi) is 5.41. The normalized spacial score (nSPS) is 18.9. The highest BCUT2D eigenvalue weighted by Crippen LogP contribution is 2.14.